The number of allylic oxidation sites excluding steroid dienone is 3. The number of rotatable bonds is 1. The van der Waals surface area contributed by atoms with Gasteiger partial charge in [-0.2, -0.15) is 0 Å². The minimum Gasteiger partial charge on any atom is -0.493 e. The summed E-state index contributed by atoms with van der Waals surface area (Å²) >= 11 is 0. The van der Waals surface area contributed by atoms with E-state index in [2.05, 4.69) is 45.1 Å². The number of hydrogen-bond donors (Lipinski definition) is 0. The predicted octanol–water partition coefficient (Wildman–Crippen LogP) is 5.70. The number of hydrogen-bond acceptors (Lipinski definition) is 3. The first-order chi connectivity index (χ1) is 12.0. The monoisotopic (exact) mass is 340 g/mol. The lowest BCUT2D eigenvalue weighted by molar-refractivity contribution is 0.128. The van der Waals surface area contributed by atoms with E-state index in [1.165, 1.54) is 11.1 Å². The molecule has 1 aromatic carbocycles. The highest BCUT2D eigenvalue weighted by molar-refractivity contribution is 5.66. The van der Waals surface area contributed by atoms with E-state index < -0.39 is 0 Å². The molecule has 0 fully saturated rings. The summed E-state index contributed by atoms with van der Waals surface area (Å²) < 4.78 is 17.8. The molecule has 0 spiro atoms. The van der Waals surface area contributed by atoms with Gasteiger partial charge in [0, 0.05) is 11.6 Å². The van der Waals surface area contributed by atoms with Gasteiger partial charge in [-0.1, -0.05) is 23.8 Å². The van der Waals surface area contributed by atoms with Gasteiger partial charge >= 0.3 is 0 Å². The fraction of sp³-hybridized carbons (Fsp3) is 0.455. The largest absolute Gasteiger partial charge is 0.493 e. The summed E-state index contributed by atoms with van der Waals surface area (Å²) in [6, 6.07) is 3.95. The van der Waals surface area contributed by atoms with E-state index in [0.717, 1.165) is 42.7 Å². The van der Waals surface area contributed by atoms with Crippen LogP contribution in [0.4, 0.5) is 0 Å². The van der Waals surface area contributed by atoms with Crippen LogP contribution in [0.1, 0.15) is 52.0 Å². The Hall–Kier alpha value is -2.16. The Balaban J connectivity index is 1.96. The van der Waals surface area contributed by atoms with Crippen LogP contribution in [0.5, 0.6) is 17.2 Å². The predicted molar refractivity (Wildman–Crippen MR) is 103 cm³/mol. The second-order valence-electron chi connectivity index (χ2n) is 7.26. The summed E-state index contributed by atoms with van der Waals surface area (Å²) in [5.41, 5.74) is 3.42. The number of fused-ring (bicyclic) bond motifs is 1. The van der Waals surface area contributed by atoms with Crippen LogP contribution in [0.25, 0.3) is 6.08 Å². The molecule has 0 saturated carbocycles. The standard InChI is InChI=1S/C22H28O3/c1-16-7-5-8-17(2)15-24-21-13-18-10-12-22(3,11-6-9-16)25-19(18)14-20(21)23-4/h8-10,12-14H,5-7,11,15H2,1-4H3/b16-9-,17-8-. The van der Waals surface area contributed by atoms with Crippen molar-refractivity contribution in [1.29, 1.82) is 0 Å². The maximum absolute atomic E-state index is 6.31. The van der Waals surface area contributed by atoms with E-state index in [1.807, 2.05) is 12.1 Å². The van der Waals surface area contributed by atoms with E-state index in [9.17, 15) is 0 Å². The molecule has 4 aliphatic heterocycles. The SMILES string of the molecule is COc1cc2c3cc1OC/C(C)=C\CC/C(C)=C\CCC(C)(C=C3)O2. The molecule has 4 heterocycles. The third-order valence-corrected chi connectivity index (χ3v) is 4.87. The van der Waals surface area contributed by atoms with Crippen molar-refractivity contribution in [3.8, 4) is 17.2 Å². The lowest BCUT2D eigenvalue weighted by atomic mass is 9.94. The summed E-state index contributed by atoms with van der Waals surface area (Å²) in [6.07, 6.45) is 13.0. The Labute approximate surface area is 151 Å². The van der Waals surface area contributed by atoms with Gasteiger partial charge in [0.25, 0.3) is 0 Å². The highest BCUT2D eigenvalue weighted by Crippen LogP contribution is 2.41. The van der Waals surface area contributed by atoms with Crippen LogP contribution >= 0.6 is 0 Å². The molecule has 0 amide bonds. The van der Waals surface area contributed by atoms with Crippen LogP contribution in [-0.2, 0) is 0 Å². The first-order valence-corrected chi connectivity index (χ1v) is 9.03. The number of ether oxygens (including phenoxy) is 3. The molecule has 1 aromatic rings. The van der Waals surface area contributed by atoms with Gasteiger partial charge in [0.2, 0.25) is 0 Å². The Bertz CT molecular complexity index is 727. The molecule has 0 aromatic heterocycles. The second kappa shape index (κ2) is 7.38. The van der Waals surface area contributed by atoms with E-state index in [4.69, 9.17) is 14.2 Å². The van der Waals surface area contributed by atoms with Gasteiger partial charge in [0.1, 0.15) is 18.0 Å². The van der Waals surface area contributed by atoms with Crippen molar-refractivity contribution >= 4 is 6.08 Å². The molecular formula is C22H28O3. The van der Waals surface area contributed by atoms with E-state index >= 15 is 0 Å². The average Bonchev–Trinajstić information content (AvgIpc) is 2.58. The smallest absolute Gasteiger partial charge is 0.164 e. The average molecular weight is 340 g/mol. The van der Waals surface area contributed by atoms with Gasteiger partial charge in [-0.3, -0.25) is 0 Å². The number of benzene rings is 1. The van der Waals surface area contributed by atoms with E-state index in [-0.39, 0.29) is 5.60 Å². The molecule has 0 radical (unpaired) electrons. The summed E-state index contributed by atoms with van der Waals surface area (Å²) in [6.45, 7) is 7.03. The van der Waals surface area contributed by atoms with Gasteiger partial charge in [-0.15, -0.1) is 0 Å². The molecule has 0 N–H and O–H groups in total. The third-order valence-electron chi connectivity index (χ3n) is 4.87. The van der Waals surface area contributed by atoms with Crippen molar-refractivity contribution in [1.82, 2.24) is 0 Å². The van der Waals surface area contributed by atoms with Gasteiger partial charge in [0.15, 0.2) is 11.5 Å². The topological polar surface area (TPSA) is 27.7 Å². The molecule has 0 saturated heterocycles. The molecule has 25 heavy (non-hydrogen) atoms. The summed E-state index contributed by atoms with van der Waals surface area (Å²) in [4.78, 5) is 0. The van der Waals surface area contributed by atoms with Crippen LogP contribution in [-0.4, -0.2) is 19.3 Å². The van der Waals surface area contributed by atoms with Crippen molar-refractivity contribution in [2.24, 2.45) is 0 Å². The zero-order valence-electron chi connectivity index (χ0n) is 15.7. The van der Waals surface area contributed by atoms with Crippen molar-refractivity contribution in [3.63, 3.8) is 0 Å². The first kappa shape index (κ1) is 17.7. The Morgan fingerprint density at radius 2 is 1.84 bits per heavy atom. The highest BCUT2D eigenvalue weighted by Gasteiger charge is 2.28. The van der Waals surface area contributed by atoms with Crippen LogP contribution < -0.4 is 14.2 Å². The summed E-state index contributed by atoms with van der Waals surface area (Å²) in [7, 11) is 1.67. The summed E-state index contributed by atoms with van der Waals surface area (Å²) in [5, 5.41) is 0. The van der Waals surface area contributed by atoms with Gasteiger partial charge in [0.05, 0.1) is 7.11 Å². The van der Waals surface area contributed by atoms with Crippen molar-refractivity contribution < 1.29 is 14.2 Å². The summed E-state index contributed by atoms with van der Waals surface area (Å²) in [5.74, 6) is 2.33. The Morgan fingerprint density at radius 1 is 1.04 bits per heavy atom. The van der Waals surface area contributed by atoms with Crippen molar-refractivity contribution in [3.05, 3.63) is 47.1 Å². The normalized spacial score (nSPS) is 27.7. The lowest BCUT2D eigenvalue weighted by Gasteiger charge is -2.32. The molecule has 0 aliphatic carbocycles. The Morgan fingerprint density at radius 3 is 2.64 bits per heavy atom. The van der Waals surface area contributed by atoms with Crippen LogP contribution in [0, 0.1) is 0 Å². The van der Waals surface area contributed by atoms with Crippen LogP contribution in [0.2, 0.25) is 0 Å². The van der Waals surface area contributed by atoms with Crippen molar-refractivity contribution in [2.45, 2.75) is 52.1 Å². The molecule has 1 unspecified atom stereocenters. The van der Waals surface area contributed by atoms with E-state index in [1.54, 1.807) is 7.11 Å². The molecule has 3 nitrogen and oxygen atoms in total. The molecule has 5 rings (SSSR count). The lowest BCUT2D eigenvalue weighted by Crippen LogP contribution is -2.31. The molecule has 4 bridgehead atoms. The fourth-order valence-corrected chi connectivity index (χ4v) is 3.24. The van der Waals surface area contributed by atoms with Crippen LogP contribution in [0.3, 0.4) is 0 Å². The fourth-order valence-electron chi connectivity index (χ4n) is 3.24. The molecule has 134 valence electrons. The minimum atomic E-state index is -0.287. The molecular weight excluding hydrogens is 312 g/mol. The quantitative estimate of drug-likeness (QED) is 0.613. The maximum Gasteiger partial charge on any atom is 0.164 e. The van der Waals surface area contributed by atoms with Gasteiger partial charge in [-0.25, -0.2) is 0 Å². The molecule has 4 aliphatic rings. The molecule has 1 atom stereocenters. The number of methoxy groups -OCH3 is 1. The van der Waals surface area contributed by atoms with Gasteiger partial charge in [-0.05, 0) is 64.2 Å². The maximum atomic E-state index is 6.31. The zero-order valence-corrected chi connectivity index (χ0v) is 15.7. The Kier molecular flexibility index (Phi) is 5.22. The van der Waals surface area contributed by atoms with E-state index in [0.29, 0.717) is 12.4 Å². The van der Waals surface area contributed by atoms with Crippen molar-refractivity contribution in [2.75, 3.05) is 13.7 Å². The zero-order chi connectivity index (χ0) is 17.9. The third kappa shape index (κ3) is 4.28. The minimum absolute atomic E-state index is 0.287. The molecule has 3 heteroatoms. The first-order valence-electron chi connectivity index (χ1n) is 9.03. The van der Waals surface area contributed by atoms with Gasteiger partial charge < -0.3 is 14.2 Å². The van der Waals surface area contributed by atoms with Crippen LogP contribution in [0.15, 0.2) is 41.5 Å². The second-order valence-corrected chi connectivity index (χ2v) is 7.26. The highest BCUT2D eigenvalue weighted by atomic mass is 16.5.